The van der Waals surface area contributed by atoms with Gasteiger partial charge < -0.3 is 10.6 Å². The summed E-state index contributed by atoms with van der Waals surface area (Å²) in [4.78, 5) is 8.81. The summed E-state index contributed by atoms with van der Waals surface area (Å²) in [5.41, 5.74) is 2.67. The highest BCUT2D eigenvalue weighted by Gasteiger charge is 2.22. The van der Waals surface area contributed by atoms with Crippen molar-refractivity contribution in [2.75, 3.05) is 13.1 Å². The SMILES string of the molecule is CCNC(=NCc1ncnn1C)NCC(C)(C)c1ccccc1C.I. The van der Waals surface area contributed by atoms with Crippen molar-refractivity contribution in [2.24, 2.45) is 12.0 Å². The standard InChI is InChI=1S/C18H28N6.HI/c1-6-19-17(20-11-16-22-13-23-24(16)5)21-12-18(3,4)15-10-8-7-9-14(15)2;/h7-10,13H,6,11-12H2,1-5H3,(H2,19,20,21);1H. The number of halogens is 1. The van der Waals surface area contributed by atoms with Crippen LogP contribution in [0.2, 0.25) is 0 Å². The molecule has 6 nitrogen and oxygen atoms in total. The van der Waals surface area contributed by atoms with E-state index in [2.05, 4.69) is 77.7 Å². The van der Waals surface area contributed by atoms with Gasteiger partial charge >= 0.3 is 0 Å². The van der Waals surface area contributed by atoms with Crippen LogP contribution in [-0.4, -0.2) is 33.8 Å². The summed E-state index contributed by atoms with van der Waals surface area (Å²) >= 11 is 0. The molecule has 0 spiro atoms. The molecule has 2 rings (SSSR count). The molecular weight excluding hydrogens is 427 g/mol. The maximum atomic E-state index is 4.61. The quantitative estimate of drug-likeness (QED) is 0.399. The van der Waals surface area contributed by atoms with Gasteiger partial charge in [0.15, 0.2) is 5.96 Å². The van der Waals surface area contributed by atoms with Crippen LogP contribution < -0.4 is 10.6 Å². The lowest BCUT2D eigenvalue weighted by molar-refractivity contribution is 0.505. The fraction of sp³-hybridized carbons (Fsp3) is 0.500. The molecule has 0 unspecified atom stereocenters. The van der Waals surface area contributed by atoms with Crippen LogP contribution >= 0.6 is 24.0 Å². The zero-order valence-electron chi connectivity index (χ0n) is 15.7. The third kappa shape index (κ3) is 5.98. The van der Waals surface area contributed by atoms with E-state index >= 15 is 0 Å². The Morgan fingerprint density at radius 2 is 1.96 bits per heavy atom. The number of nitrogens with zero attached hydrogens (tertiary/aromatic N) is 4. The Kier molecular flexibility index (Phi) is 8.34. The molecule has 1 aromatic carbocycles. The summed E-state index contributed by atoms with van der Waals surface area (Å²) in [7, 11) is 1.87. The third-order valence-corrected chi connectivity index (χ3v) is 4.10. The highest BCUT2D eigenvalue weighted by Crippen LogP contribution is 2.25. The highest BCUT2D eigenvalue weighted by atomic mass is 127. The Hall–Kier alpha value is -1.64. The normalized spacial score (nSPS) is 11.8. The molecule has 0 aliphatic carbocycles. The first-order valence-corrected chi connectivity index (χ1v) is 8.35. The van der Waals surface area contributed by atoms with Crippen LogP contribution in [0.1, 0.15) is 37.7 Å². The number of nitrogens with one attached hydrogen (secondary N) is 2. The second-order valence-electron chi connectivity index (χ2n) is 6.55. The van der Waals surface area contributed by atoms with Crippen LogP contribution in [-0.2, 0) is 19.0 Å². The largest absolute Gasteiger partial charge is 0.357 e. The molecule has 0 atom stereocenters. The van der Waals surface area contributed by atoms with E-state index in [1.165, 1.54) is 11.1 Å². The lowest BCUT2D eigenvalue weighted by atomic mass is 9.82. The molecular formula is C18H29IN6. The van der Waals surface area contributed by atoms with Crippen LogP contribution in [0, 0.1) is 6.92 Å². The van der Waals surface area contributed by atoms with Crippen molar-refractivity contribution >= 4 is 29.9 Å². The Balaban J connectivity index is 0.00000312. The molecule has 7 heteroatoms. The molecule has 2 N–H and O–H groups in total. The van der Waals surface area contributed by atoms with E-state index in [-0.39, 0.29) is 29.4 Å². The third-order valence-electron chi connectivity index (χ3n) is 4.10. The lowest BCUT2D eigenvalue weighted by Gasteiger charge is -2.28. The van der Waals surface area contributed by atoms with E-state index in [4.69, 9.17) is 0 Å². The monoisotopic (exact) mass is 456 g/mol. The molecule has 2 aromatic rings. The summed E-state index contributed by atoms with van der Waals surface area (Å²) in [6.45, 7) is 10.8. The maximum absolute atomic E-state index is 4.61. The van der Waals surface area contributed by atoms with E-state index < -0.39 is 0 Å². The Labute approximate surface area is 167 Å². The van der Waals surface area contributed by atoms with Gasteiger partial charge in [0, 0.05) is 25.6 Å². The number of aromatic nitrogens is 3. The van der Waals surface area contributed by atoms with Crippen LogP contribution in [0.15, 0.2) is 35.6 Å². The van der Waals surface area contributed by atoms with Crippen molar-refractivity contribution in [1.82, 2.24) is 25.4 Å². The first-order chi connectivity index (χ1) is 11.4. The van der Waals surface area contributed by atoms with Crippen molar-refractivity contribution in [2.45, 2.75) is 39.7 Å². The number of rotatable bonds is 6. The molecule has 0 fully saturated rings. The van der Waals surface area contributed by atoms with Crippen molar-refractivity contribution < 1.29 is 0 Å². The van der Waals surface area contributed by atoms with Crippen LogP contribution in [0.5, 0.6) is 0 Å². The van der Waals surface area contributed by atoms with E-state index in [0.717, 1.165) is 24.9 Å². The second-order valence-corrected chi connectivity index (χ2v) is 6.55. The van der Waals surface area contributed by atoms with Gasteiger partial charge in [-0.05, 0) is 25.0 Å². The van der Waals surface area contributed by atoms with Crippen LogP contribution in [0.25, 0.3) is 0 Å². The molecule has 138 valence electrons. The summed E-state index contributed by atoms with van der Waals surface area (Å²) in [6.07, 6.45) is 1.55. The van der Waals surface area contributed by atoms with Gasteiger partial charge in [0.2, 0.25) is 0 Å². The number of benzene rings is 1. The number of guanidine groups is 1. The van der Waals surface area contributed by atoms with Gasteiger partial charge in [-0.2, -0.15) is 5.10 Å². The first kappa shape index (κ1) is 21.4. The number of aliphatic imine (C=N–C) groups is 1. The summed E-state index contributed by atoms with van der Waals surface area (Å²) in [6, 6.07) is 8.53. The van der Waals surface area contributed by atoms with Crippen molar-refractivity contribution in [3.05, 3.63) is 47.5 Å². The van der Waals surface area contributed by atoms with Gasteiger partial charge in [0.1, 0.15) is 18.7 Å². The summed E-state index contributed by atoms with van der Waals surface area (Å²) in [5.74, 6) is 1.63. The van der Waals surface area contributed by atoms with E-state index in [9.17, 15) is 0 Å². The van der Waals surface area contributed by atoms with Gasteiger partial charge in [-0.3, -0.25) is 4.68 Å². The van der Waals surface area contributed by atoms with Crippen LogP contribution in [0.3, 0.4) is 0 Å². The Morgan fingerprint density at radius 1 is 1.24 bits per heavy atom. The van der Waals surface area contributed by atoms with E-state index in [1.54, 1.807) is 11.0 Å². The second kappa shape index (κ2) is 9.74. The van der Waals surface area contributed by atoms with Crippen molar-refractivity contribution in [3.8, 4) is 0 Å². The van der Waals surface area contributed by atoms with E-state index in [0.29, 0.717) is 6.54 Å². The minimum Gasteiger partial charge on any atom is -0.357 e. The van der Waals surface area contributed by atoms with Crippen molar-refractivity contribution in [3.63, 3.8) is 0 Å². The molecule has 0 saturated heterocycles. The molecule has 0 aliphatic rings. The number of hydrogen-bond acceptors (Lipinski definition) is 3. The maximum Gasteiger partial charge on any atom is 0.191 e. The Bertz CT molecular complexity index is 692. The molecule has 0 radical (unpaired) electrons. The highest BCUT2D eigenvalue weighted by molar-refractivity contribution is 14.0. The molecule has 0 amide bonds. The van der Waals surface area contributed by atoms with Gasteiger partial charge in [-0.25, -0.2) is 9.98 Å². The van der Waals surface area contributed by atoms with Crippen LogP contribution in [0.4, 0.5) is 0 Å². The zero-order chi connectivity index (χ0) is 17.6. The summed E-state index contributed by atoms with van der Waals surface area (Å²) < 4.78 is 1.74. The fourth-order valence-corrected chi connectivity index (χ4v) is 2.69. The minimum atomic E-state index is 0. The van der Waals surface area contributed by atoms with E-state index in [1.807, 2.05) is 7.05 Å². The average Bonchev–Trinajstić information content (AvgIpc) is 2.95. The number of hydrogen-bond donors (Lipinski definition) is 2. The fourth-order valence-electron chi connectivity index (χ4n) is 2.69. The first-order valence-electron chi connectivity index (χ1n) is 8.35. The zero-order valence-corrected chi connectivity index (χ0v) is 18.0. The van der Waals surface area contributed by atoms with Gasteiger partial charge in [-0.15, -0.1) is 24.0 Å². The predicted molar refractivity (Wildman–Crippen MR) is 113 cm³/mol. The Morgan fingerprint density at radius 3 is 2.56 bits per heavy atom. The van der Waals surface area contributed by atoms with Gasteiger partial charge in [0.05, 0.1) is 0 Å². The van der Waals surface area contributed by atoms with Gasteiger partial charge in [-0.1, -0.05) is 38.1 Å². The smallest absolute Gasteiger partial charge is 0.191 e. The summed E-state index contributed by atoms with van der Waals surface area (Å²) in [5, 5.41) is 10.8. The topological polar surface area (TPSA) is 67.1 Å². The minimum absolute atomic E-state index is 0. The van der Waals surface area contributed by atoms with Crippen molar-refractivity contribution in [1.29, 1.82) is 0 Å². The predicted octanol–water partition coefficient (Wildman–Crippen LogP) is 2.77. The number of aryl methyl sites for hydroxylation is 2. The lowest BCUT2D eigenvalue weighted by Crippen LogP contribution is -2.43. The average molecular weight is 456 g/mol. The molecule has 0 bridgehead atoms. The molecule has 0 aliphatic heterocycles. The molecule has 1 aromatic heterocycles. The molecule has 0 saturated carbocycles. The van der Waals surface area contributed by atoms with Gasteiger partial charge in [0.25, 0.3) is 0 Å². The molecule has 25 heavy (non-hydrogen) atoms. The molecule has 1 heterocycles.